The molecule has 3 nitrogen and oxygen atoms in total. The molecule has 0 amide bonds. The fourth-order valence-corrected chi connectivity index (χ4v) is 2.33. The number of rotatable bonds is 5. The first kappa shape index (κ1) is 11.5. The van der Waals surface area contributed by atoms with Crippen LogP contribution >= 0.6 is 23.5 Å². The van der Waals surface area contributed by atoms with Crippen LogP contribution < -0.4 is 0 Å². The van der Waals surface area contributed by atoms with Crippen LogP contribution in [0.2, 0.25) is 0 Å². The van der Waals surface area contributed by atoms with E-state index >= 15 is 0 Å². The van der Waals surface area contributed by atoms with Crippen LogP contribution in [0.4, 0.5) is 0 Å². The third kappa shape index (κ3) is 3.28. The molecule has 0 aliphatic rings. The molecule has 0 aliphatic carbocycles. The second kappa shape index (κ2) is 5.96. The van der Waals surface area contributed by atoms with Crippen molar-refractivity contribution in [2.75, 3.05) is 6.26 Å². The molecule has 0 aliphatic heterocycles. The van der Waals surface area contributed by atoms with Crippen molar-refractivity contribution in [2.24, 2.45) is 0 Å². The molecule has 0 unspecified atom stereocenters. The topological polar surface area (TPSA) is 38.9 Å². The zero-order valence-corrected chi connectivity index (χ0v) is 10.6. The maximum Gasteiger partial charge on any atom is 0.276 e. The van der Waals surface area contributed by atoms with Crippen LogP contribution in [0.1, 0.15) is 11.5 Å². The zero-order chi connectivity index (χ0) is 11.2. The van der Waals surface area contributed by atoms with E-state index in [1.54, 1.807) is 11.8 Å². The Labute approximate surface area is 103 Å². The van der Waals surface area contributed by atoms with Crippen molar-refractivity contribution in [3.63, 3.8) is 0 Å². The Morgan fingerprint density at radius 1 is 1.12 bits per heavy atom. The average molecular weight is 252 g/mol. The minimum Gasteiger partial charge on any atom is -0.415 e. The molecule has 0 fully saturated rings. The molecule has 0 atom stereocenters. The van der Waals surface area contributed by atoms with E-state index in [0.717, 1.165) is 11.5 Å². The summed E-state index contributed by atoms with van der Waals surface area (Å²) in [5, 5.41) is 8.49. The van der Waals surface area contributed by atoms with E-state index in [2.05, 4.69) is 34.5 Å². The summed E-state index contributed by atoms with van der Waals surface area (Å²) in [5.74, 6) is 2.44. The van der Waals surface area contributed by atoms with Gasteiger partial charge in [0.15, 0.2) is 0 Å². The number of hydrogen-bond donors (Lipinski definition) is 0. The summed E-state index contributed by atoms with van der Waals surface area (Å²) in [5.41, 5.74) is 1.32. The van der Waals surface area contributed by atoms with Crippen molar-refractivity contribution in [3.8, 4) is 0 Å². The first-order valence-electron chi connectivity index (χ1n) is 4.86. The van der Waals surface area contributed by atoms with Gasteiger partial charge in [0.2, 0.25) is 5.89 Å². The minimum absolute atomic E-state index is 0.635. The maximum atomic E-state index is 5.39. The summed E-state index contributed by atoms with van der Waals surface area (Å²) < 4.78 is 5.39. The van der Waals surface area contributed by atoms with Gasteiger partial charge in [-0.25, -0.2) is 0 Å². The van der Waals surface area contributed by atoms with E-state index in [0.29, 0.717) is 11.1 Å². The second-order valence-electron chi connectivity index (χ2n) is 3.14. The second-order valence-corrected chi connectivity index (χ2v) is 4.89. The Bertz CT molecular complexity index is 431. The summed E-state index contributed by atoms with van der Waals surface area (Å²) in [7, 11) is 0. The molecule has 0 bridgehead atoms. The molecule has 0 N–H and O–H groups in total. The van der Waals surface area contributed by atoms with Gasteiger partial charge in [0.05, 0.1) is 5.75 Å². The SMILES string of the molecule is CSc1nnc(CSCc2ccccc2)o1. The predicted octanol–water partition coefficient (Wildman–Crippen LogP) is 3.22. The molecule has 0 spiro atoms. The van der Waals surface area contributed by atoms with Gasteiger partial charge in [0.25, 0.3) is 5.22 Å². The smallest absolute Gasteiger partial charge is 0.276 e. The molecule has 84 valence electrons. The van der Waals surface area contributed by atoms with Gasteiger partial charge in [-0.05, 0) is 11.8 Å². The Morgan fingerprint density at radius 3 is 2.62 bits per heavy atom. The largest absolute Gasteiger partial charge is 0.415 e. The molecular weight excluding hydrogens is 240 g/mol. The lowest BCUT2D eigenvalue weighted by molar-refractivity contribution is 0.427. The first-order valence-corrected chi connectivity index (χ1v) is 7.24. The van der Waals surface area contributed by atoms with Crippen LogP contribution in [0.25, 0.3) is 0 Å². The standard InChI is InChI=1S/C11H12N2OS2/c1-15-11-13-12-10(14-11)8-16-7-9-5-3-2-4-6-9/h2-6H,7-8H2,1H3. The van der Waals surface area contributed by atoms with Gasteiger partial charge in [-0.1, -0.05) is 42.1 Å². The number of hydrogen-bond acceptors (Lipinski definition) is 5. The number of thioether (sulfide) groups is 2. The van der Waals surface area contributed by atoms with Crippen LogP contribution in [-0.4, -0.2) is 16.5 Å². The van der Waals surface area contributed by atoms with Gasteiger partial charge in [0, 0.05) is 5.75 Å². The van der Waals surface area contributed by atoms with E-state index < -0.39 is 0 Å². The summed E-state index contributed by atoms with van der Waals surface area (Å²) in [6.45, 7) is 0. The van der Waals surface area contributed by atoms with Gasteiger partial charge in [-0.2, -0.15) is 0 Å². The predicted molar refractivity (Wildman–Crippen MR) is 67.5 cm³/mol. The highest BCUT2D eigenvalue weighted by Gasteiger charge is 2.04. The number of nitrogens with zero attached hydrogens (tertiary/aromatic N) is 2. The van der Waals surface area contributed by atoms with E-state index in [-0.39, 0.29) is 0 Å². The first-order chi connectivity index (χ1) is 7.88. The van der Waals surface area contributed by atoms with Gasteiger partial charge in [-0.15, -0.1) is 22.0 Å². The Kier molecular flexibility index (Phi) is 4.30. The quantitative estimate of drug-likeness (QED) is 0.764. The molecule has 0 radical (unpaired) electrons. The third-order valence-electron chi connectivity index (χ3n) is 1.96. The van der Waals surface area contributed by atoms with Crippen molar-refractivity contribution in [3.05, 3.63) is 41.8 Å². The van der Waals surface area contributed by atoms with Crippen molar-refractivity contribution in [1.29, 1.82) is 0 Å². The molecular formula is C11H12N2OS2. The molecule has 16 heavy (non-hydrogen) atoms. The third-order valence-corrected chi connectivity index (χ3v) is 3.46. The molecule has 0 saturated heterocycles. The molecule has 1 aromatic carbocycles. The zero-order valence-electron chi connectivity index (χ0n) is 8.92. The lowest BCUT2D eigenvalue weighted by Gasteiger charge is -1.98. The van der Waals surface area contributed by atoms with Crippen LogP contribution in [-0.2, 0) is 11.5 Å². The monoisotopic (exact) mass is 252 g/mol. The Morgan fingerprint density at radius 2 is 1.94 bits per heavy atom. The van der Waals surface area contributed by atoms with Crippen molar-refractivity contribution in [1.82, 2.24) is 10.2 Å². The van der Waals surface area contributed by atoms with E-state index in [9.17, 15) is 0 Å². The lowest BCUT2D eigenvalue weighted by Crippen LogP contribution is -1.83. The van der Waals surface area contributed by atoms with Gasteiger partial charge < -0.3 is 4.42 Å². The van der Waals surface area contributed by atoms with Gasteiger partial charge in [-0.3, -0.25) is 0 Å². The van der Waals surface area contributed by atoms with Gasteiger partial charge in [0.1, 0.15) is 0 Å². The van der Waals surface area contributed by atoms with Crippen LogP contribution in [0.5, 0.6) is 0 Å². The summed E-state index contributed by atoms with van der Waals surface area (Å²) in [4.78, 5) is 0. The normalized spacial score (nSPS) is 10.6. The van der Waals surface area contributed by atoms with E-state index in [1.807, 2.05) is 12.3 Å². The molecule has 1 aromatic heterocycles. The Hall–Kier alpha value is -0.940. The fraction of sp³-hybridized carbons (Fsp3) is 0.273. The van der Waals surface area contributed by atoms with Crippen molar-refractivity contribution >= 4 is 23.5 Å². The van der Waals surface area contributed by atoms with Crippen LogP contribution in [0.3, 0.4) is 0 Å². The fourth-order valence-electron chi connectivity index (χ4n) is 1.21. The van der Waals surface area contributed by atoms with Crippen molar-refractivity contribution < 1.29 is 4.42 Å². The van der Waals surface area contributed by atoms with Crippen molar-refractivity contribution in [2.45, 2.75) is 16.7 Å². The van der Waals surface area contributed by atoms with Gasteiger partial charge >= 0.3 is 0 Å². The van der Waals surface area contributed by atoms with Crippen LogP contribution in [0.15, 0.2) is 40.0 Å². The van der Waals surface area contributed by atoms with Crippen LogP contribution in [0, 0.1) is 0 Å². The molecule has 1 heterocycles. The lowest BCUT2D eigenvalue weighted by atomic mass is 10.2. The summed E-state index contributed by atoms with van der Waals surface area (Å²) in [6.07, 6.45) is 1.93. The highest BCUT2D eigenvalue weighted by molar-refractivity contribution is 7.98. The molecule has 2 rings (SSSR count). The Balaban J connectivity index is 1.80. The molecule has 5 heteroatoms. The summed E-state index contributed by atoms with van der Waals surface area (Å²) in [6, 6.07) is 10.4. The highest BCUT2D eigenvalue weighted by Crippen LogP contribution is 2.19. The molecule has 0 saturated carbocycles. The number of benzene rings is 1. The minimum atomic E-state index is 0.635. The summed E-state index contributed by atoms with van der Waals surface area (Å²) >= 11 is 3.25. The highest BCUT2D eigenvalue weighted by atomic mass is 32.2. The van der Waals surface area contributed by atoms with E-state index in [1.165, 1.54) is 17.3 Å². The number of aromatic nitrogens is 2. The average Bonchev–Trinajstić information content (AvgIpc) is 2.78. The molecule has 2 aromatic rings. The maximum absolute atomic E-state index is 5.39. The van der Waals surface area contributed by atoms with E-state index in [4.69, 9.17) is 4.42 Å².